The summed E-state index contributed by atoms with van der Waals surface area (Å²) in [5.74, 6) is 0. The van der Waals surface area contributed by atoms with E-state index in [4.69, 9.17) is 9.47 Å². The summed E-state index contributed by atoms with van der Waals surface area (Å²) < 4.78 is 20.2. The van der Waals surface area contributed by atoms with Crippen LogP contribution >= 0.6 is 0 Å². The van der Waals surface area contributed by atoms with Crippen molar-refractivity contribution in [3.8, 4) is 0 Å². The number of halogens is 2. The summed E-state index contributed by atoms with van der Waals surface area (Å²) in [4.78, 5) is 0. The number of ether oxygens (including phenoxy) is 2. The van der Waals surface area contributed by atoms with Crippen molar-refractivity contribution in [1.29, 1.82) is 0 Å². The molecule has 0 saturated carbocycles. The Hall–Kier alpha value is -1.08. The number of hydrogen-bond donors (Lipinski definition) is 0. The van der Waals surface area contributed by atoms with Gasteiger partial charge in [0, 0.05) is 0 Å². The van der Waals surface area contributed by atoms with Crippen LogP contribution in [0.25, 0.3) is 0 Å². The Kier molecular flexibility index (Phi) is 18.0. The zero-order chi connectivity index (χ0) is 19.9. The van der Waals surface area contributed by atoms with E-state index >= 15 is 0 Å². The summed E-state index contributed by atoms with van der Waals surface area (Å²) >= 11 is 0. The largest absolute Gasteiger partial charge is 1.00 e. The maximum atomic E-state index is 5.76. The molecule has 0 radical (unpaired) electrons. The van der Waals surface area contributed by atoms with E-state index in [9.17, 15) is 0 Å². The highest BCUT2D eigenvalue weighted by atomic mass is 35.5. The molecular formula is C22H40Cl2N4O2. The quantitative estimate of drug-likeness (QED) is 0.195. The highest BCUT2D eigenvalue weighted by Crippen LogP contribution is 1.99. The fourth-order valence-electron chi connectivity index (χ4n) is 3.13. The summed E-state index contributed by atoms with van der Waals surface area (Å²) in [6, 6.07) is 0. The van der Waals surface area contributed by atoms with Crippen LogP contribution < -0.4 is 33.9 Å². The van der Waals surface area contributed by atoms with Gasteiger partial charge in [-0.2, -0.15) is 0 Å². The summed E-state index contributed by atoms with van der Waals surface area (Å²) in [7, 11) is 0. The zero-order valence-electron chi connectivity index (χ0n) is 18.7. The number of aryl methyl sites for hydroxylation is 2. The molecule has 0 unspecified atom stereocenters. The van der Waals surface area contributed by atoms with Crippen LogP contribution in [0.1, 0.15) is 65.2 Å². The van der Waals surface area contributed by atoms with Gasteiger partial charge in [-0.05, 0) is 38.5 Å². The minimum atomic E-state index is 0. The van der Waals surface area contributed by atoms with E-state index < -0.39 is 0 Å². The van der Waals surface area contributed by atoms with Crippen LogP contribution in [0.2, 0.25) is 0 Å². The summed E-state index contributed by atoms with van der Waals surface area (Å²) in [5, 5.41) is 0. The van der Waals surface area contributed by atoms with Crippen molar-refractivity contribution in [3.05, 3.63) is 37.4 Å². The van der Waals surface area contributed by atoms with Crippen molar-refractivity contribution >= 4 is 0 Å². The average Bonchev–Trinajstić information content (AvgIpc) is 3.34. The number of nitrogens with zero attached hydrogens (tertiary/aromatic N) is 4. The Morgan fingerprint density at radius 1 is 0.633 bits per heavy atom. The molecule has 2 aromatic heterocycles. The van der Waals surface area contributed by atoms with Crippen molar-refractivity contribution in [1.82, 2.24) is 9.13 Å². The SMILES string of the molecule is CCCCCn1cc[n+](COCCCCOC[n+]2ccn(CCCCC)c2)c1.[Cl-].[Cl-]. The van der Waals surface area contributed by atoms with E-state index in [0.717, 1.165) is 39.1 Å². The van der Waals surface area contributed by atoms with Crippen molar-refractivity contribution in [2.24, 2.45) is 0 Å². The van der Waals surface area contributed by atoms with E-state index in [0.29, 0.717) is 13.5 Å². The molecule has 8 heteroatoms. The van der Waals surface area contributed by atoms with Crippen LogP contribution in [0.5, 0.6) is 0 Å². The summed E-state index contributed by atoms with van der Waals surface area (Å²) in [6.07, 6.45) is 22.3. The Labute approximate surface area is 195 Å². The highest BCUT2D eigenvalue weighted by Gasteiger charge is 2.04. The van der Waals surface area contributed by atoms with Gasteiger partial charge in [0.15, 0.2) is 13.5 Å². The fourth-order valence-corrected chi connectivity index (χ4v) is 3.13. The maximum Gasteiger partial charge on any atom is 0.245 e. The Morgan fingerprint density at radius 3 is 1.47 bits per heavy atom. The molecule has 0 saturated heterocycles. The Balaban J connectivity index is 0.00000420. The topological polar surface area (TPSA) is 36.1 Å². The van der Waals surface area contributed by atoms with E-state index in [1.807, 2.05) is 0 Å². The minimum absolute atomic E-state index is 0. The van der Waals surface area contributed by atoms with E-state index in [1.54, 1.807) is 0 Å². The fraction of sp³-hybridized carbons (Fsp3) is 0.727. The molecule has 0 aliphatic carbocycles. The van der Waals surface area contributed by atoms with Gasteiger partial charge in [-0.15, -0.1) is 0 Å². The minimum Gasteiger partial charge on any atom is -1.00 e. The first-order valence-electron chi connectivity index (χ1n) is 11.1. The third kappa shape index (κ3) is 12.6. The van der Waals surface area contributed by atoms with E-state index in [2.05, 4.69) is 69.6 Å². The van der Waals surface area contributed by atoms with Gasteiger partial charge in [0.05, 0.1) is 26.3 Å². The molecule has 0 aliphatic heterocycles. The van der Waals surface area contributed by atoms with E-state index in [-0.39, 0.29) is 24.8 Å². The predicted molar refractivity (Wildman–Crippen MR) is 109 cm³/mol. The first-order valence-corrected chi connectivity index (χ1v) is 11.1. The predicted octanol–water partition coefficient (Wildman–Crippen LogP) is -2.32. The molecule has 174 valence electrons. The second-order valence-electron chi connectivity index (χ2n) is 7.53. The van der Waals surface area contributed by atoms with Crippen LogP contribution in [0.3, 0.4) is 0 Å². The molecule has 2 heterocycles. The van der Waals surface area contributed by atoms with Crippen LogP contribution in [0, 0.1) is 0 Å². The molecule has 2 rings (SSSR count). The van der Waals surface area contributed by atoms with Crippen molar-refractivity contribution < 1.29 is 43.4 Å². The molecule has 0 fully saturated rings. The second kappa shape index (κ2) is 18.7. The molecule has 0 aliphatic rings. The van der Waals surface area contributed by atoms with Gasteiger partial charge in [-0.3, -0.25) is 0 Å². The molecule has 0 amide bonds. The average molecular weight is 463 g/mol. The van der Waals surface area contributed by atoms with Crippen molar-refractivity contribution in [2.75, 3.05) is 13.2 Å². The first-order chi connectivity index (χ1) is 13.8. The van der Waals surface area contributed by atoms with Crippen molar-refractivity contribution in [2.45, 2.75) is 91.8 Å². The summed E-state index contributed by atoms with van der Waals surface area (Å²) in [5.41, 5.74) is 0. The molecule has 0 bridgehead atoms. The number of hydrogen-bond acceptors (Lipinski definition) is 2. The highest BCUT2D eigenvalue weighted by molar-refractivity contribution is 4.66. The van der Waals surface area contributed by atoms with E-state index in [1.165, 1.54) is 38.5 Å². The van der Waals surface area contributed by atoms with Gasteiger partial charge in [0.2, 0.25) is 12.7 Å². The molecule has 2 aromatic rings. The van der Waals surface area contributed by atoms with Gasteiger partial charge < -0.3 is 34.3 Å². The summed E-state index contributed by atoms with van der Waals surface area (Å²) in [6.45, 7) is 9.47. The number of rotatable bonds is 17. The number of unbranched alkanes of at least 4 members (excludes halogenated alkanes) is 5. The second-order valence-corrected chi connectivity index (χ2v) is 7.53. The Bertz CT molecular complexity index is 580. The third-order valence-electron chi connectivity index (χ3n) is 4.84. The smallest absolute Gasteiger partial charge is 0.245 e. The van der Waals surface area contributed by atoms with Crippen LogP contribution in [0.4, 0.5) is 0 Å². The molecule has 30 heavy (non-hydrogen) atoms. The van der Waals surface area contributed by atoms with Gasteiger partial charge >= 0.3 is 0 Å². The molecule has 6 nitrogen and oxygen atoms in total. The third-order valence-corrected chi connectivity index (χ3v) is 4.84. The lowest BCUT2D eigenvalue weighted by molar-refractivity contribution is -0.733. The van der Waals surface area contributed by atoms with Gasteiger partial charge in [0.1, 0.15) is 24.8 Å². The maximum absolute atomic E-state index is 5.76. The lowest BCUT2D eigenvalue weighted by atomic mass is 10.2. The number of aromatic nitrogens is 4. The normalized spacial score (nSPS) is 10.6. The molecule has 0 aromatic carbocycles. The van der Waals surface area contributed by atoms with Gasteiger partial charge in [-0.25, -0.2) is 18.3 Å². The van der Waals surface area contributed by atoms with Gasteiger partial charge in [0.25, 0.3) is 0 Å². The lowest BCUT2D eigenvalue weighted by Crippen LogP contribution is -3.00. The Morgan fingerprint density at radius 2 is 1.07 bits per heavy atom. The first kappa shape index (κ1) is 28.9. The standard InChI is InChI=1S/C22H40N4O2.2ClH/c1-3-5-7-11-23-13-15-25(19-23)21-27-17-9-10-18-28-22-26-16-14-24(20-26)12-8-6-4-2;;/h13-16,19-20H,3-12,17-18,21-22H2,1-2H3;2*1H/q+2;;/p-2. The van der Waals surface area contributed by atoms with Crippen molar-refractivity contribution in [3.63, 3.8) is 0 Å². The molecule has 0 spiro atoms. The molecule has 0 atom stereocenters. The van der Waals surface area contributed by atoms with Crippen LogP contribution in [-0.2, 0) is 36.0 Å². The number of imidazole rings is 2. The van der Waals surface area contributed by atoms with Crippen LogP contribution in [-0.4, -0.2) is 22.3 Å². The monoisotopic (exact) mass is 462 g/mol. The lowest BCUT2D eigenvalue weighted by Gasteiger charge is -2.03. The molecule has 0 N–H and O–H groups in total. The van der Waals surface area contributed by atoms with Crippen LogP contribution in [0.15, 0.2) is 37.4 Å². The van der Waals surface area contributed by atoms with Gasteiger partial charge in [-0.1, -0.05) is 26.7 Å². The molecular weight excluding hydrogens is 423 g/mol. The zero-order valence-corrected chi connectivity index (χ0v) is 20.2.